The van der Waals surface area contributed by atoms with Gasteiger partial charge in [-0.15, -0.1) is 0 Å². The van der Waals surface area contributed by atoms with Crippen LogP contribution in [-0.2, 0) is 11.3 Å². The Hall–Kier alpha value is -1.59. The third-order valence-electron chi connectivity index (χ3n) is 4.27. The first-order valence-corrected chi connectivity index (χ1v) is 7.91. The lowest BCUT2D eigenvalue weighted by Gasteiger charge is -2.36. The van der Waals surface area contributed by atoms with Gasteiger partial charge in [0.1, 0.15) is 5.75 Å². The van der Waals surface area contributed by atoms with E-state index >= 15 is 0 Å². The van der Waals surface area contributed by atoms with Crippen LogP contribution < -0.4 is 10.5 Å². The number of rotatable bonds is 5. The molecule has 1 aliphatic heterocycles. The second-order valence-corrected chi connectivity index (χ2v) is 6.18. The molecule has 0 radical (unpaired) electrons. The van der Waals surface area contributed by atoms with Gasteiger partial charge in [0.15, 0.2) is 0 Å². The molecule has 0 aromatic heterocycles. The Balaban J connectivity index is 1.88. The molecule has 1 fully saturated rings. The van der Waals surface area contributed by atoms with Gasteiger partial charge < -0.3 is 15.4 Å². The Labute approximate surface area is 133 Å². The molecule has 0 spiro atoms. The van der Waals surface area contributed by atoms with Crippen molar-refractivity contribution in [2.45, 2.75) is 26.4 Å². The maximum Gasteiger partial charge on any atom is 0.239 e. The van der Waals surface area contributed by atoms with Crippen LogP contribution in [0.5, 0.6) is 5.75 Å². The van der Waals surface area contributed by atoms with Gasteiger partial charge in [0.2, 0.25) is 5.91 Å². The third kappa shape index (κ3) is 3.99. The van der Waals surface area contributed by atoms with Crippen LogP contribution in [-0.4, -0.2) is 55.0 Å². The molecule has 2 rings (SSSR count). The average molecular weight is 305 g/mol. The SMILES string of the molecule is COc1ccccc1CN1CCN(C(=O)[C@@H](N)C(C)C)CC1. The number of methoxy groups -OCH3 is 1. The molecule has 22 heavy (non-hydrogen) atoms. The summed E-state index contributed by atoms with van der Waals surface area (Å²) in [6.45, 7) is 8.05. The largest absolute Gasteiger partial charge is 0.496 e. The molecule has 1 heterocycles. The summed E-state index contributed by atoms with van der Waals surface area (Å²) in [5.41, 5.74) is 7.15. The zero-order valence-corrected chi connectivity index (χ0v) is 13.8. The molecule has 122 valence electrons. The van der Waals surface area contributed by atoms with Crippen molar-refractivity contribution in [1.29, 1.82) is 0 Å². The molecular weight excluding hydrogens is 278 g/mol. The minimum Gasteiger partial charge on any atom is -0.496 e. The lowest BCUT2D eigenvalue weighted by atomic mass is 10.0. The molecule has 0 aliphatic carbocycles. The van der Waals surface area contributed by atoms with Crippen LogP contribution in [0.3, 0.4) is 0 Å². The Bertz CT molecular complexity index is 496. The van der Waals surface area contributed by atoms with E-state index < -0.39 is 0 Å². The maximum atomic E-state index is 12.3. The number of nitrogens with two attached hydrogens (primary N) is 1. The van der Waals surface area contributed by atoms with Crippen LogP contribution in [0.15, 0.2) is 24.3 Å². The predicted octanol–water partition coefficient (Wildman–Crippen LogP) is 1.32. The van der Waals surface area contributed by atoms with Gasteiger partial charge in [-0.2, -0.15) is 0 Å². The fourth-order valence-electron chi connectivity index (χ4n) is 2.70. The summed E-state index contributed by atoms with van der Waals surface area (Å²) in [4.78, 5) is 16.5. The molecule has 0 bridgehead atoms. The zero-order chi connectivity index (χ0) is 16.1. The number of benzene rings is 1. The molecule has 1 aliphatic rings. The summed E-state index contributed by atoms with van der Waals surface area (Å²) in [5, 5.41) is 0. The van der Waals surface area contributed by atoms with E-state index in [-0.39, 0.29) is 17.9 Å². The first-order valence-electron chi connectivity index (χ1n) is 7.91. The summed E-state index contributed by atoms with van der Waals surface area (Å²) in [6.07, 6.45) is 0. The minimum absolute atomic E-state index is 0.0759. The molecule has 1 aromatic rings. The Morgan fingerprint density at radius 3 is 2.45 bits per heavy atom. The van der Waals surface area contributed by atoms with Gasteiger partial charge in [-0.3, -0.25) is 9.69 Å². The van der Waals surface area contributed by atoms with E-state index in [0.29, 0.717) is 0 Å². The van der Waals surface area contributed by atoms with Crippen LogP contribution in [0.25, 0.3) is 0 Å². The number of ether oxygens (including phenoxy) is 1. The molecule has 5 heteroatoms. The van der Waals surface area contributed by atoms with E-state index in [1.807, 2.05) is 36.9 Å². The van der Waals surface area contributed by atoms with Gasteiger partial charge in [0.25, 0.3) is 0 Å². The standard InChI is InChI=1S/C17H27N3O2/c1-13(2)16(18)17(21)20-10-8-19(9-11-20)12-14-6-4-5-7-15(14)22-3/h4-7,13,16H,8-12,18H2,1-3H3/t16-/m0/s1. The van der Waals surface area contributed by atoms with Crippen molar-refractivity contribution in [3.8, 4) is 5.75 Å². The van der Waals surface area contributed by atoms with Crippen LogP contribution in [0.4, 0.5) is 0 Å². The van der Waals surface area contributed by atoms with Gasteiger partial charge in [-0.25, -0.2) is 0 Å². The predicted molar refractivity (Wildman–Crippen MR) is 87.7 cm³/mol. The summed E-state index contributed by atoms with van der Waals surface area (Å²) in [6, 6.07) is 7.69. The van der Waals surface area contributed by atoms with Crippen molar-refractivity contribution in [1.82, 2.24) is 9.80 Å². The average Bonchev–Trinajstić information content (AvgIpc) is 2.54. The molecular formula is C17H27N3O2. The van der Waals surface area contributed by atoms with E-state index in [2.05, 4.69) is 11.0 Å². The van der Waals surface area contributed by atoms with Crippen molar-refractivity contribution in [2.75, 3.05) is 33.3 Å². The normalized spacial score (nSPS) is 17.6. The van der Waals surface area contributed by atoms with E-state index in [9.17, 15) is 4.79 Å². The second kappa shape index (κ2) is 7.61. The van der Waals surface area contributed by atoms with Crippen molar-refractivity contribution >= 4 is 5.91 Å². The fourth-order valence-corrected chi connectivity index (χ4v) is 2.70. The van der Waals surface area contributed by atoms with Crippen LogP contribution in [0.1, 0.15) is 19.4 Å². The lowest BCUT2D eigenvalue weighted by molar-refractivity contribution is -0.135. The van der Waals surface area contributed by atoms with Crippen LogP contribution >= 0.6 is 0 Å². The zero-order valence-electron chi connectivity index (χ0n) is 13.8. The highest BCUT2D eigenvalue weighted by atomic mass is 16.5. The topological polar surface area (TPSA) is 58.8 Å². The van der Waals surface area contributed by atoms with Gasteiger partial charge in [0, 0.05) is 38.3 Å². The van der Waals surface area contributed by atoms with Crippen LogP contribution in [0, 0.1) is 5.92 Å². The number of piperazine rings is 1. The van der Waals surface area contributed by atoms with Crippen LogP contribution in [0.2, 0.25) is 0 Å². The number of nitrogens with zero attached hydrogens (tertiary/aromatic N) is 2. The number of hydrogen-bond acceptors (Lipinski definition) is 4. The van der Waals surface area contributed by atoms with Crippen molar-refractivity contribution < 1.29 is 9.53 Å². The molecule has 2 N–H and O–H groups in total. The maximum absolute atomic E-state index is 12.3. The van der Waals surface area contributed by atoms with E-state index in [4.69, 9.17) is 10.5 Å². The molecule has 0 unspecified atom stereocenters. The monoisotopic (exact) mass is 305 g/mol. The van der Waals surface area contributed by atoms with Gasteiger partial charge in [0.05, 0.1) is 13.2 Å². The Kier molecular flexibility index (Phi) is 5.80. The number of para-hydroxylation sites is 1. The highest BCUT2D eigenvalue weighted by molar-refractivity contribution is 5.82. The molecule has 1 atom stereocenters. The lowest BCUT2D eigenvalue weighted by Crippen LogP contribution is -2.54. The van der Waals surface area contributed by atoms with E-state index in [1.54, 1.807) is 7.11 Å². The molecule has 1 saturated heterocycles. The highest BCUT2D eigenvalue weighted by Gasteiger charge is 2.27. The smallest absolute Gasteiger partial charge is 0.239 e. The Morgan fingerprint density at radius 2 is 1.86 bits per heavy atom. The van der Waals surface area contributed by atoms with Crippen molar-refractivity contribution in [2.24, 2.45) is 11.7 Å². The summed E-state index contributed by atoms with van der Waals surface area (Å²) >= 11 is 0. The van der Waals surface area contributed by atoms with Crippen molar-refractivity contribution in [3.63, 3.8) is 0 Å². The minimum atomic E-state index is -0.388. The first kappa shape index (κ1) is 16.8. The third-order valence-corrected chi connectivity index (χ3v) is 4.27. The molecule has 5 nitrogen and oxygen atoms in total. The van der Waals surface area contributed by atoms with Gasteiger partial charge >= 0.3 is 0 Å². The number of carbonyl (C=O) groups excluding carboxylic acids is 1. The van der Waals surface area contributed by atoms with E-state index in [0.717, 1.165) is 38.5 Å². The molecule has 1 amide bonds. The summed E-state index contributed by atoms with van der Waals surface area (Å²) in [7, 11) is 1.70. The first-order chi connectivity index (χ1) is 10.5. The highest BCUT2D eigenvalue weighted by Crippen LogP contribution is 2.20. The number of amides is 1. The number of carbonyl (C=O) groups is 1. The second-order valence-electron chi connectivity index (χ2n) is 6.18. The van der Waals surface area contributed by atoms with Crippen molar-refractivity contribution in [3.05, 3.63) is 29.8 Å². The van der Waals surface area contributed by atoms with E-state index in [1.165, 1.54) is 5.56 Å². The summed E-state index contributed by atoms with van der Waals surface area (Å²) in [5.74, 6) is 1.17. The fraction of sp³-hybridized carbons (Fsp3) is 0.588. The summed E-state index contributed by atoms with van der Waals surface area (Å²) < 4.78 is 5.40. The van der Waals surface area contributed by atoms with Gasteiger partial charge in [-0.05, 0) is 12.0 Å². The molecule has 1 aromatic carbocycles. The van der Waals surface area contributed by atoms with Gasteiger partial charge in [-0.1, -0.05) is 32.0 Å². The number of hydrogen-bond donors (Lipinski definition) is 1. The Morgan fingerprint density at radius 1 is 1.23 bits per heavy atom. The molecule has 0 saturated carbocycles. The quantitative estimate of drug-likeness (QED) is 0.891.